The third-order valence-electron chi connectivity index (χ3n) is 5.07. The number of ether oxygens (including phenoxy) is 1. The molecule has 27 heavy (non-hydrogen) atoms. The molecule has 0 aromatic heterocycles. The van der Waals surface area contributed by atoms with Gasteiger partial charge in [0, 0.05) is 19.1 Å². The van der Waals surface area contributed by atoms with E-state index in [4.69, 9.17) is 4.74 Å². The zero-order valence-electron chi connectivity index (χ0n) is 16.8. The molecule has 5 heteroatoms. The first-order chi connectivity index (χ1) is 12.8. The summed E-state index contributed by atoms with van der Waals surface area (Å²) in [5, 5.41) is 9.48. The third kappa shape index (κ3) is 5.55. The van der Waals surface area contributed by atoms with Gasteiger partial charge in [-0.2, -0.15) is 0 Å². The minimum Gasteiger partial charge on any atom is -0.410 e. The first-order valence-electron chi connectivity index (χ1n) is 9.22. The summed E-state index contributed by atoms with van der Waals surface area (Å²) in [6, 6.07) is 15.5. The SMILES string of the molecule is CC(Cc1ccccc1CO)N(C)C(=O)Oc1cccc([C@H](C)N(C)C)c1. The molecule has 0 fully saturated rings. The molecule has 146 valence electrons. The number of hydrogen-bond donors (Lipinski definition) is 1. The maximum absolute atomic E-state index is 12.6. The van der Waals surface area contributed by atoms with Crippen LogP contribution in [0.3, 0.4) is 0 Å². The fraction of sp³-hybridized carbons (Fsp3) is 0.409. The smallest absolute Gasteiger partial charge is 0.410 e. The van der Waals surface area contributed by atoms with Crippen molar-refractivity contribution in [1.82, 2.24) is 9.80 Å². The van der Waals surface area contributed by atoms with E-state index in [1.165, 1.54) is 0 Å². The molecule has 0 heterocycles. The zero-order chi connectivity index (χ0) is 20.0. The van der Waals surface area contributed by atoms with Crippen molar-refractivity contribution in [3.05, 3.63) is 65.2 Å². The summed E-state index contributed by atoms with van der Waals surface area (Å²) in [5.41, 5.74) is 3.02. The van der Waals surface area contributed by atoms with E-state index in [2.05, 4.69) is 11.8 Å². The van der Waals surface area contributed by atoms with Crippen LogP contribution in [0.2, 0.25) is 0 Å². The Morgan fingerprint density at radius 2 is 1.70 bits per heavy atom. The normalized spacial score (nSPS) is 13.3. The Kier molecular flexibility index (Phi) is 7.39. The molecule has 0 saturated carbocycles. The van der Waals surface area contributed by atoms with Crippen molar-refractivity contribution >= 4 is 6.09 Å². The Morgan fingerprint density at radius 1 is 1.04 bits per heavy atom. The van der Waals surface area contributed by atoms with E-state index in [0.29, 0.717) is 12.2 Å². The highest BCUT2D eigenvalue weighted by atomic mass is 16.6. The van der Waals surface area contributed by atoms with E-state index < -0.39 is 6.09 Å². The highest BCUT2D eigenvalue weighted by molar-refractivity contribution is 5.70. The van der Waals surface area contributed by atoms with Crippen LogP contribution in [0.4, 0.5) is 4.79 Å². The molecule has 0 aliphatic heterocycles. The number of amides is 1. The largest absolute Gasteiger partial charge is 0.415 e. The number of hydrogen-bond acceptors (Lipinski definition) is 4. The number of likely N-dealkylation sites (N-methyl/N-ethyl adjacent to an activating group) is 1. The van der Waals surface area contributed by atoms with Crippen LogP contribution in [0.25, 0.3) is 0 Å². The second kappa shape index (κ2) is 9.53. The van der Waals surface area contributed by atoms with Gasteiger partial charge in [0.25, 0.3) is 0 Å². The molecule has 5 nitrogen and oxygen atoms in total. The van der Waals surface area contributed by atoms with Crippen LogP contribution in [0, 0.1) is 0 Å². The van der Waals surface area contributed by atoms with Gasteiger partial charge in [-0.25, -0.2) is 4.79 Å². The van der Waals surface area contributed by atoms with Crippen molar-refractivity contribution in [2.24, 2.45) is 0 Å². The van der Waals surface area contributed by atoms with Crippen LogP contribution >= 0.6 is 0 Å². The molecule has 0 spiro atoms. The van der Waals surface area contributed by atoms with E-state index in [1.54, 1.807) is 18.0 Å². The Labute approximate surface area is 162 Å². The van der Waals surface area contributed by atoms with Gasteiger partial charge in [0.2, 0.25) is 0 Å². The highest BCUT2D eigenvalue weighted by Crippen LogP contribution is 2.23. The van der Waals surface area contributed by atoms with Gasteiger partial charge in [0.1, 0.15) is 5.75 Å². The second-order valence-electron chi connectivity index (χ2n) is 7.17. The molecule has 0 saturated heterocycles. The molecule has 0 aliphatic rings. The number of aliphatic hydroxyl groups is 1. The molecular formula is C22H30N2O3. The summed E-state index contributed by atoms with van der Waals surface area (Å²) in [7, 11) is 5.77. The van der Waals surface area contributed by atoms with E-state index in [-0.39, 0.29) is 18.7 Å². The summed E-state index contributed by atoms with van der Waals surface area (Å²) < 4.78 is 5.58. The number of rotatable bonds is 7. The van der Waals surface area contributed by atoms with Crippen LogP contribution in [0.1, 0.15) is 36.6 Å². The summed E-state index contributed by atoms with van der Waals surface area (Å²) in [6.45, 7) is 4.07. The summed E-state index contributed by atoms with van der Waals surface area (Å²) in [4.78, 5) is 16.3. The monoisotopic (exact) mass is 370 g/mol. The summed E-state index contributed by atoms with van der Waals surface area (Å²) in [5.74, 6) is 0.543. The molecule has 0 bridgehead atoms. The zero-order valence-corrected chi connectivity index (χ0v) is 16.8. The van der Waals surface area contributed by atoms with Gasteiger partial charge in [-0.05, 0) is 63.2 Å². The van der Waals surface area contributed by atoms with Crippen LogP contribution in [-0.4, -0.2) is 48.2 Å². The Bertz CT molecular complexity index is 761. The molecule has 2 rings (SSSR count). The predicted octanol–water partition coefficient (Wildman–Crippen LogP) is 3.86. The van der Waals surface area contributed by atoms with Crippen molar-refractivity contribution in [3.63, 3.8) is 0 Å². The average molecular weight is 370 g/mol. The molecule has 2 aromatic rings. The van der Waals surface area contributed by atoms with Gasteiger partial charge >= 0.3 is 6.09 Å². The lowest BCUT2D eigenvalue weighted by Gasteiger charge is -2.25. The van der Waals surface area contributed by atoms with Gasteiger partial charge in [0.05, 0.1) is 6.61 Å². The van der Waals surface area contributed by atoms with Crippen molar-refractivity contribution in [3.8, 4) is 5.75 Å². The number of carbonyl (C=O) groups is 1. The van der Waals surface area contributed by atoms with Crippen molar-refractivity contribution in [2.75, 3.05) is 21.1 Å². The minimum absolute atomic E-state index is 0.00605. The number of benzene rings is 2. The fourth-order valence-electron chi connectivity index (χ4n) is 2.85. The summed E-state index contributed by atoms with van der Waals surface area (Å²) >= 11 is 0. The Balaban J connectivity index is 2.03. The average Bonchev–Trinajstić information content (AvgIpc) is 2.67. The lowest BCUT2D eigenvalue weighted by atomic mass is 10.0. The van der Waals surface area contributed by atoms with Gasteiger partial charge in [-0.3, -0.25) is 0 Å². The van der Waals surface area contributed by atoms with Crippen LogP contribution in [0.5, 0.6) is 5.75 Å². The Morgan fingerprint density at radius 3 is 2.33 bits per heavy atom. The van der Waals surface area contributed by atoms with E-state index in [0.717, 1.165) is 16.7 Å². The predicted molar refractivity (Wildman–Crippen MR) is 108 cm³/mol. The second-order valence-corrected chi connectivity index (χ2v) is 7.17. The standard InChI is InChI=1S/C22H30N2O3/c1-16(13-19-9-6-7-10-20(19)15-25)24(5)22(26)27-21-12-8-11-18(14-21)17(2)23(3)4/h6-12,14,16-17,25H,13,15H2,1-5H3/t16?,17-/m0/s1. The Hall–Kier alpha value is -2.37. The molecule has 2 aromatic carbocycles. The molecule has 0 aliphatic carbocycles. The van der Waals surface area contributed by atoms with Crippen LogP contribution in [-0.2, 0) is 13.0 Å². The lowest BCUT2D eigenvalue weighted by Crippen LogP contribution is -2.38. The van der Waals surface area contributed by atoms with E-state index in [9.17, 15) is 9.90 Å². The maximum atomic E-state index is 12.6. The first-order valence-corrected chi connectivity index (χ1v) is 9.22. The van der Waals surface area contributed by atoms with Gasteiger partial charge < -0.3 is 19.6 Å². The highest BCUT2D eigenvalue weighted by Gasteiger charge is 2.19. The van der Waals surface area contributed by atoms with E-state index >= 15 is 0 Å². The molecule has 1 unspecified atom stereocenters. The fourth-order valence-corrected chi connectivity index (χ4v) is 2.85. The summed E-state index contributed by atoms with van der Waals surface area (Å²) in [6.07, 6.45) is 0.263. The molecule has 1 N–H and O–H groups in total. The maximum Gasteiger partial charge on any atom is 0.415 e. The topological polar surface area (TPSA) is 53.0 Å². The quantitative estimate of drug-likeness (QED) is 0.804. The van der Waals surface area contributed by atoms with Crippen molar-refractivity contribution in [2.45, 2.75) is 39.0 Å². The van der Waals surface area contributed by atoms with E-state index in [1.807, 2.05) is 63.5 Å². The van der Waals surface area contributed by atoms with Gasteiger partial charge in [-0.15, -0.1) is 0 Å². The molecule has 2 atom stereocenters. The van der Waals surface area contributed by atoms with Gasteiger partial charge in [0.15, 0.2) is 0 Å². The molecule has 1 amide bonds. The van der Waals surface area contributed by atoms with Crippen LogP contribution in [0.15, 0.2) is 48.5 Å². The number of carbonyl (C=O) groups excluding carboxylic acids is 1. The van der Waals surface area contributed by atoms with Crippen molar-refractivity contribution < 1.29 is 14.6 Å². The van der Waals surface area contributed by atoms with Crippen LogP contribution < -0.4 is 4.74 Å². The van der Waals surface area contributed by atoms with Gasteiger partial charge in [-0.1, -0.05) is 36.4 Å². The third-order valence-corrected chi connectivity index (χ3v) is 5.07. The molecular weight excluding hydrogens is 340 g/mol. The molecule has 0 radical (unpaired) electrons. The number of nitrogens with zero attached hydrogens (tertiary/aromatic N) is 2. The van der Waals surface area contributed by atoms with Crippen molar-refractivity contribution in [1.29, 1.82) is 0 Å². The number of aliphatic hydroxyl groups excluding tert-OH is 1. The lowest BCUT2D eigenvalue weighted by molar-refractivity contribution is 0.148. The minimum atomic E-state index is -0.390. The first kappa shape index (κ1) is 20.9.